The Morgan fingerprint density at radius 1 is 1.07 bits per heavy atom. The van der Waals surface area contributed by atoms with Crippen molar-refractivity contribution in [3.63, 3.8) is 0 Å². The van der Waals surface area contributed by atoms with Crippen molar-refractivity contribution in [1.29, 1.82) is 0 Å². The van der Waals surface area contributed by atoms with Gasteiger partial charge in [0.1, 0.15) is 5.75 Å². The summed E-state index contributed by atoms with van der Waals surface area (Å²) in [6, 6.07) is 8.32. The van der Waals surface area contributed by atoms with Crippen molar-refractivity contribution < 1.29 is 17.9 Å². The van der Waals surface area contributed by atoms with Gasteiger partial charge < -0.3 is 14.4 Å². The Morgan fingerprint density at radius 2 is 1.73 bits per heavy atom. The van der Waals surface area contributed by atoms with Gasteiger partial charge in [0, 0.05) is 51.5 Å². The van der Waals surface area contributed by atoms with E-state index in [9.17, 15) is 8.42 Å². The number of hydrogen-bond donors (Lipinski definition) is 0. The zero-order valence-corrected chi connectivity index (χ0v) is 19.1. The summed E-state index contributed by atoms with van der Waals surface area (Å²) in [4.78, 5) is 4.98. The summed E-state index contributed by atoms with van der Waals surface area (Å²) in [6.07, 6.45) is 5.63. The number of piperidine rings is 1. The molecule has 0 unspecified atom stereocenters. The normalized spacial score (nSPS) is 25.7. The van der Waals surface area contributed by atoms with Crippen molar-refractivity contribution in [3.05, 3.63) is 24.3 Å². The highest BCUT2D eigenvalue weighted by molar-refractivity contribution is 7.88. The van der Waals surface area contributed by atoms with Crippen LogP contribution in [0.4, 0.5) is 5.69 Å². The summed E-state index contributed by atoms with van der Waals surface area (Å²) >= 11 is 0. The Morgan fingerprint density at radius 3 is 2.33 bits per heavy atom. The van der Waals surface area contributed by atoms with Gasteiger partial charge in [-0.2, -0.15) is 0 Å². The van der Waals surface area contributed by atoms with Crippen LogP contribution in [-0.4, -0.2) is 89.5 Å². The van der Waals surface area contributed by atoms with E-state index in [1.54, 1.807) is 11.4 Å². The van der Waals surface area contributed by atoms with Crippen LogP contribution in [0.1, 0.15) is 25.7 Å². The first-order valence-electron chi connectivity index (χ1n) is 11.1. The van der Waals surface area contributed by atoms with Crippen molar-refractivity contribution in [2.24, 2.45) is 5.41 Å². The lowest BCUT2D eigenvalue weighted by Crippen LogP contribution is -2.47. The fourth-order valence-corrected chi connectivity index (χ4v) is 5.92. The highest BCUT2D eigenvalue weighted by Gasteiger charge is 2.43. The van der Waals surface area contributed by atoms with Crippen LogP contribution in [0.25, 0.3) is 0 Å². The molecule has 1 aromatic rings. The average Bonchev–Trinajstić information content (AvgIpc) is 3.14. The number of anilines is 1. The van der Waals surface area contributed by atoms with E-state index in [2.05, 4.69) is 21.9 Å². The molecule has 3 aliphatic rings. The van der Waals surface area contributed by atoms with Crippen LogP contribution in [0.3, 0.4) is 0 Å². The molecule has 0 aromatic heterocycles. The lowest BCUT2D eigenvalue weighted by atomic mass is 9.77. The van der Waals surface area contributed by atoms with Crippen LogP contribution in [0, 0.1) is 5.41 Å². The summed E-state index contributed by atoms with van der Waals surface area (Å²) in [5, 5.41) is 0. The van der Waals surface area contributed by atoms with Crippen molar-refractivity contribution in [2.45, 2.75) is 31.8 Å². The molecule has 1 spiro atoms. The predicted octanol–water partition coefficient (Wildman–Crippen LogP) is 2.04. The molecule has 168 valence electrons. The number of rotatable bonds is 6. The maximum atomic E-state index is 11.8. The fourth-order valence-electron chi connectivity index (χ4n) is 5.07. The average molecular weight is 438 g/mol. The van der Waals surface area contributed by atoms with Crippen LogP contribution in [0.2, 0.25) is 0 Å². The van der Waals surface area contributed by atoms with Crippen molar-refractivity contribution >= 4 is 15.7 Å². The second-order valence-electron chi connectivity index (χ2n) is 9.11. The van der Waals surface area contributed by atoms with E-state index in [4.69, 9.17) is 9.47 Å². The van der Waals surface area contributed by atoms with Crippen molar-refractivity contribution in [3.8, 4) is 5.75 Å². The van der Waals surface area contributed by atoms with E-state index in [1.807, 2.05) is 12.1 Å². The fraction of sp³-hybridized carbons (Fsp3) is 0.727. The molecule has 3 fully saturated rings. The number of ether oxygens (including phenoxy) is 2. The minimum atomic E-state index is -3.06. The third kappa shape index (κ3) is 5.10. The molecule has 1 aromatic carbocycles. The molecular formula is C22H35N3O4S. The minimum Gasteiger partial charge on any atom is -0.497 e. The van der Waals surface area contributed by atoms with Gasteiger partial charge in [0.15, 0.2) is 0 Å². The van der Waals surface area contributed by atoms with Gasteiger partial charge in [0.2, 0.25) is 10.0 Å². The smallest absolute Gasteiger partial charge is 0.211 e. The highest BCUT2D eigenvalue weighted by atomic mass is 32.2. The number of hydrogen-bond acceptors (Lipinski definition) is 6. The van der Waals surface area contributed by atoms with Crippen LogP contribution in [0.5, 0.6) is 5.75 Å². The monoisotopic (exact) mass is 437 g/mol. The molecule has 1 atom stereocenters. The molecule has 3 saturated heterocycles. The van der Waals surface area contributed by atoms with Crippen LogP contribution in [0.15, 0.2) is 24.3 Å². The molecule has 0 amide bonds. The third-order valence-corrected chi connectivity index (χ3v) is 8.42. The van der Waals surface area contributed by atoms with E-state index >= 15 is 0 Å². The SMILES string of the molecule is COc1ccc(N2CCN(CC[C@H]3CC4(CCN(S(C)(=O)=O)CC4)CO3)CC2)cc1. The summed E-state index contributed by atoms with van der Waals surface area (Å²) < 4.78 is 36.5. The Hall–Kier alpha value is -1.35. The lowest BCUT2D eigenvalue weighted by Gasteiger charge is -2.37. The van der Waals surface area contributed by atoms with Gasteiger partial charge in [0.25, 0.3) is 0 Å². The first-order chi connectivity index (χ1) is 14.4. The molecule has 3 heterocycles. The van der Waals surface area contributed by atoms with E-state index in [-0.39, 0.29) is 5.41 Å². The second kappa shape index (κ2) is 9.02. The molecule has 3 aliphatic heterocycles. The number of sulfonamides is 1. The Kier molecular flexibility index (Phi) is 6.58. The summed E-state index contributed by atoms with van der Waals surface area (Å²) in [6.45, 7) is 7.39. The number of nitrogens with zero attached hydrogens (tertiary/aromatic N) is 3. The molecule has 0 aliphatic carbocycles. The van der Waals surface area contributed by atoms with Gasteiger partial charge in [-0.15, -0.1) is 0 Å². The quantitative estimate of drug-likeness (QED) is 0.679. The number of piperazine rings is 1. The van der Waals surface area contributed by atoms with Gasteiger partial charge in [-0.1, -0.05) is 0 Å². The summed E-state index contributed by atoms with van der Waals surface area (Å²) in [5.74, 6) is 0.897. The number of methoxy groups -OCH3 is 1. The van der Waals surface area contributed by atoms with Gasteiger partial charge in [-0.3, -0.25) is 4.90 Å². The Balaban J connectivity index is 1.18. The molecule has 7 nitrogen and oxygen atoms in total. The van der Waals surface area contributed by atoms with Gasteiger partial charge >= 0.3 is 0 Å². The standard InChI is InChI=1S/C22H35N3O4S/c1-28-20-5-3-19(4-6-20)24-15-13-23(14-16-24)10-7-21-17-22(18-29-21)8-11-25(12-9-22)30(2,26)27/h3-6,21H,7-18H2,1-2H3/t21-/m0/s1. The highest BCUT2D eigenvalue weighted by Crippen LogP contribution is 2.43. The van der Waals surface area contributed by atoms with Crippen LogP contribution in [-0.2, 0) is 14.8 Å². The van der Waals surface area contributed by atoms with Gasteiger partial charge in [0.05, 0.1) is 26.1 Å². The minimum absolute atomic E-state index is 0.193. The Bertz CT molecular complexity index is 798. The molecule has 0 bridgehead atoms. The van der Waals surface area contributed by atoms with Crippen LogP contribution < -0.4 is 9.64 Å². The maximum Gasteiger partial charge on any atom is 0.211 e. The van der Waals surface area contributed by atoms with Crippen molar-refractivity contribution in [1.82, 2.24) is 9.21 Å². The van der Waals surface area contributed by atoms with E-state index in [1.165, 1.54) is 11.9 Å². The summed E-state index contributed by atoms with van der Waals surface area (Å²) in [5.41, 5.74) is 1.45. The Labute approximate surface area is 181 Å². The second-order valence-corrected chi connectivity index (χ2v) is 11.1. The lowest BCUT2D eigenvalue weighted by molar-refractivity contribution is 0.0693. The summed E-state index contributed by atoms with van der Waals surface area (Å²) in [7, 11) is -1.37. The van der Waals surface area contributed by atoms with Gasteiger partial charge in [-0.25, -0.2) is 12.7 Å². The first-order valence-corrected chi connectivity index (χ1v) is 12.9. The van der Waals surface area contributed by atoms with E-state index < -0.39 is 10.0 Å². The molecule has 4 rings (SSSR count). The van der Waals surface area contributed by atoms with E-state index in [0.717, 1.165) is 70.8 Å². The van der Waals surface area contributed by atoms with E-state index in [0.29, 0.717) is 19.2 Å². The molecular weight excluding hydrogens is 402 g/mol. The zero-order valence-electron chi connectivity index (χ0n) is 18.3. The first kappa shape index (κ1) is 21.9. The zero-order chi connectivity index (χ0) is 21.2. The largest absolute Gasteiger partial charge is 0.497 e. The molecule has 0 radical (unpaired) electrons. The molecule has 0 N–H and O–H groups in total. The maximum absolute atomic E-state index is 11.8. The molecule has 30 heavy (non-hydrogen) atoms. The number of benzene rings is 1. The topological polar surface area (TPSA) is 62.3 Å². The van der Waals surface area contributed by atoms with Crippen molar-refractivity contribution in [2.75, 3.05) is 70.7 Å². The molecule has 8 heteroatoms. The van der Waals surface area contributed by atoms with Crippen LogP contribution >= 0.6 is 0 Å². The predicted molar refractivity (Wildman–Crippen MR) is 119 cm³/mol. The molecule has 0 saturated carbocycles. The third-order valence-electron chi connectivity index (χ3n) is 7.12. The van der Waals surface area contributed by atoms with Gasteiger partial charge in [-0.05, 0) is 55.4 Å².